The number of halogens is 1. The molecule has 1 aromatic heterocycles. The van der Waals surface area contributed by atoms with E-state index in [1.165, 1.54) is 38.5 Å². The maximum absolute atomic E-state index is 6.33. The number of nitrogens with two attached hydrogens (primary N) is 1. The second kappa shape index (κ2) is 6.79. The molecule has 0 aromatic carbocycles. The van der Waals surface area contributed by atoms with Crippen molar-refractivity contribution in [2.45, 2.75) is 69.6 Å². The van der Waals surface area contributed by atoms with E-state index in [4.69, 9.17) is 22.1 Å². The minimum Gasteiger partial charge on any atom is -0.373 e. The van der Waals surface area contributed by atoms with Crippen molar-refractivity contribution in [3.8, 4) is 0 Å². The van der Waals surface area contributed by atoms with Gasteiger partial charge in [0.05, 0.1) is 18.2 Å². The SMILES string of the molecule is Nc1nc(Cl)cc(NC2CCCCC2OC2CCCC2)n1. The average Bonchev–Trinajstić information content (AvgIpc) is 2.93. The van der Waals surface area contributed by atoms with E-state index in [1.807, 2.05) is 0 Å². The summed E-state index contributed by atoms with van der Waals surface area (Å²) in [6.45, 7) is 0. The molecule has 6 heteroatoms. The summed E-state index contributed by atoms with van der Waals surface area (Å²) in [5.74, 6) is 0.897. The third kappa shape index (κ3) is 3.98. The molecule has 0 amide bonds. The van der Waals surface area contributed by atoms with Gasteiger partial charge in [0, 0.05) is 6.07 Å². The van der Waals surface area contributed by atoms with Crippen LogP contribution in [-0.4, -0.2) is 28.2 Å². The Morgan fingerprint density at radius 1 is 1.10 bits per heavy atom. The first-order valence-electron chi connectivity index (χ1n) is 7.93. The summed E-state index contributed by atoms with van der Waals surface area (Å²) in [4.78, 5) is 8.10. The third-order valence-corrected chi connectivity index (χ3v) is 4.61. The summed E-state index contributed by atoms with van der Waals surface area (Å²) in [5.41, 5.74) is 5.65. The zero-order valence-corrected chi connectivity index (χ0v) is 13.0. The Bertz CT molecular complexity index is 458. The molecule has 21 heavy (non-hydrogen) atoms. The molecule has 2 unspecified atom stereocenters. The Morgan fingerprint density at radius 2 is 1.81 bits per heavy atom. The van der Waals surface area contributed by atoms with Crippen LogP contribution < -0.4 is 11.1 Å². The molecule has 2 saturated carbocycles. The molecular formula is C15H23ClN4O. The predicted octanol–water partition coefficient (Wildman–Crippen LogP) is 3.39. The van der Waals surface area contributed by atoms with Crippen molar-refractivity contribution >= 4 is 23.4 Å². The molecule has 116 valence electrons. The topological polar surface area (TPSA) is 73.1 Å². The lowest BCUT2D eigenvalue weighted by molar-refractivity contribution is -0.0322. The second-order valence-corrected chi connectivity index (χ2v) is 6.44. The van der Waals surface area contributed by atoms with Gasteiger partial charge in [-0.15, -0.1) is 0 Å². The minimum atomic E-state index is 0.203. The van der Waals surface area contributed by atoms with E-state index in [0.29, 0.717) is 17.1 Å². The number of nitrogens with zero attached hydrogens (tertiary/aromatic N) is 2. The molecule has 5 nitrogen and oxygen atoms in total. The number of anilines is 2. The molecule has 2 atom stereocenters. The standard InChI is InChI=1S/C15H23ClN4O/c16-13-9-14(20-15(17)19-13)18-11-7-3-4-8-12(11)21-10-5-1-2-6-10/h9-12H,1-8H2,(H3,17,18,19,20). The molecular weight excluding hydrogens is 288 g/mol. The number of ether oxygens (including phenoxy) is 1. The molecule has 2 aliphatic carbocycles. The van der Waals surface area contributed by atoms with Crippen molar-refractivity contribution in [2.75, 3.05) is 11.1 Å². The molecule has 2 aliphatic rings. The lowest BCUT2D eigenvalue weighted by atomic mass is 9.92. The Morgan fingerprint density at radius 3 is 2.57 bits per heavy atom. The van der Waals surface area contributed by atoms with Crippen LogP contribution in [-0.2, 0) is 4.74 Å². The molecule has 3 N–H and O–H groups in total. The van der Waals surface area contributed by atoms with E-state index in [1.54, 1.807) is 6.07 Å². The van der Waals surface area contributed by atoms with Crippen molar-refractivity contribution in [3.63, 3.8) is 0 Å². The van der Waals surface area contributed by atoms with Gasteiger partial charge in [-0.2, -0.15) is 4.98 Å². The molecule has 0 bridgehead atoms. The van der Waals surface area contributed by atoms with Crippen molar-refractivity contribution < 1.29 is 4.74 Å². The first kappa shape index (κ1) is 14.9. The van der Waals surface area contributed by atoms with Crippen LogP contribution in [0.1, 0.15) is 51.4 Å². The van der Waals surface area contributed by atoms with E-state index in [9.17, 15) is 0 Å². The maximum atomic E-state index is 6.33. The van der Waals surface area contributed by atoms with Crippen LogP contribution in [0.4, 0.5) is 11.8 Å². The molecule has 2 fully saturated rings. The maximum Gasteiger partial charge on any atom is 0.223 e. The van der Waals surface area contributed by atoms with Gasteiger partial charge in [-0.1, -0.05) is 37.3 Å². The van der Waals surface area contributed by atoms with Gasteiger partial charge in [-0.25, -0.2) is 4.98 Å². The van der Waals surface area contributed by atoms with Gasteiger partial charge < -0.3 is 15.8 Å². The van der Waals surface area contributed by atoms with E-state index >= 15 is 0 Å². The van der Waals surface area contributed by atoms with Gasteiger partial charge in [0.25, 0.3) is 0 Å². The van der Waals surface area contributed by atoms with Gasteiger partial charge >= 0.3 is 0 Å². The quantitative estimate of drug-likeness (QED) is 0.834. The predicted molar refractivity (Wildman–Crippen MR) is 84.5 cm³/mol. The molecule has 0 spiro atoms. The summed E-state index contributed by atoms with van der Waals surface area (Å²) in [6.07, 6.45) is 10.4. The van der Waals surface area contributed by atoms with Crippen LogP contribution in [0.2, 0.25) is 5.15 Å². The molecule has 1 aromatic rings. The monoisotopic (exact) mass is 310 g/mol. The van der Waals surface area contributed by atoms with E-state index in [2.05, 4.69) is 15.3 Å². The molecule has 0 aliphatic heterocycles. The first-order chi connectivity index (χ1) is 10.2. The smallest absolute Gasteiger partial charge is 0.223 e. The Balaban J connectivity index is 1.65. The lowest BCUT2D eigenvalue weighted by Crippen LogP contribution is -2.40. The van der Waals surface area contributed by atoms with Crippen LogP contribution in [0.5, 0.6) is 0 Å². The number of aromatic nitrogens is 2. The fourth-order valence-electron chi connectivity index (χ4n) is 3.40. The summed E-state index contributed by atoms with van der Waals surface area (Å²) < 4.78 is 6.33. The molecule has 1 heterocycles. The van der Waals surface area contributed by atoms with Gasteiger partial charge in [0.2, 0.25) is 5.95 Å². The number of nitrogens with one attached hydrogen (secondary N) is 1. The number of rotatable bonds is 4. The van der Waals surface area contributed by atoms with Crippen molar-refractivity contribution in [2.24, 2.45) is 0 Å². The van der Waals surface area contributed by atoms with Crippen LogP contribution in [0.15, 0.2) is 6.07 Å². The van der Waals surface area contributed by atoms with E-state index in [-0.39, 0.29) is 18.1 Å². The third-order valence-electron chi connectivity index (χ3n) is 4.42. The Hall–Kier alpha value is -1.07. The van der Waals surface area contributed by atoms with Crippen molar-refractivity contribution in [3.05, 3.63) is 11.2 Å². The second-order valence-electron chi connectivity index (χ2n) is 6.05. The summed E-state index contributed by atoms with van der Waals surface area (Å²) >= 11 is 5.94. The highest BCUT2D eigenvalue weighted by Gasteiger charge is 2.29. The zero-order chi connectivity index (χ0) is 14.7. The van der Waals surface area contributed by atoms with Crippen LogP contribution in [0.3, 0.4) is 0 Å². The van der Waals surface area contributed by atoms with Crippen LogP contribution in [0.25, 0.3) is 0 Å². The lowest BCUT2D eigenvalue weighted by Gasteiger charge is -2.34. The normalized spacial score (nSPS) is 26.9. The number of nitrogen functional groups attached to an aromatic ring is 1. The highest BCUT2D eigenvalue weighted by Crippen LogP contribution is 2.29. The summed E-state index contributed by atoms with van der Waals surface area (Å²) in [6, 6.07) is 2.00. The minimum absolute atomic E-state index is 0.203. The summed E-state index contributed by atoms with van der Waals surface area (Å²) in [5, 5.41) is 3.82. The van der Waals surface area contributed by atoms with Gasteiger partial charge in [0.1, 0.15) is 11.0 Å². The fourth-order valence-corrected chi connectivity index (χ4v) is 3.59. The van der Waals surface area contributed by atoms with Gasteiger partial charge in [0.15, 0.2) is 0 Å². The highest BCUT2D eigenvalue weighted by atomic mass is 35.5. The van der Waals surface area contributed by atoms with E-state index in [0.717, 1.165) is 12.8 Å². The van der Waals surface area contributed by atoms with Gasteiger partial charge in [-0.3, -0.25) is 0 Å². The number of hydrogen-bond donors (Lipinski definition) is 2. The molecule has 0 saturated heterocycles. The highest BCUT2D eigenvalue weighted by molar-refractivity contribution is 6.29. The Kier molecular flexibility index (Phi) is 4.80. The largest absolute Gasteiger partial charge is 0.373 e. The first-order valence-corrected chi connectivity index (χ1v) is 8.30. The number of hydrogen-bond acceptors (Lipinski definition) is 5. The Labute approximate surface area is 130 Å². The molecule has 0 radical (unpaired) electrons. The molecule has 3 rings (SSSR count). The average molecular weight is 311 g/mol. The van der Waals surface area contributed by atoms with E-state index < -0.39 is 0 Å². The van der Waals surface area contributed by atoms with Crippen molar-refractivity contribution in [1.82, 2.24) is 9.97 Å². The van der Waals surface area contributed by atoms with Crippen LogP contribution in [0, 0.1) is 0 Å². The fraction of sp³-hybridized carbons (Fsp3) is 0.733. The zero-order valence-electron chi connectivity index (χ0n) is 12.2. The van der Waals surface area contributed by atoms with Crippen molar-refractivity contribution in [1.29, 1.82) is 0 Å². The van der Waals surface area contributed by atoms with Crippen LogP contribution >= 0.6 is 11.6 Å². The summed E-state index contributed by atoms with van der Waals surface area (Å²) in [7, 11) is 0. The van der Waals surface area contributed by atoms with Gasteiger partial charge in [-0.05, 0) is 25.7 Å².